The fourth-order valence-corrected chi connectivity index (χ4v) is 2.39. The first kappa shape index (κ1) is 14.0. The Kier molecular flexibility index (Phi) is 3.25. The summed E-state index contributed by atoms with van der Waals surface area (Å²) in [5.74, 6) is -2.10. The lowest BCUT2D eigenvalue weighted by atomic mass is 10.0. The number of hydrogen-bond donors (Lipinski definition) is 2. The van der Waals surface area contributed by atoms with E-state index in [1.165, 1.54) is 18.2 Å². The summed E-state index contributed by atoms with van der Waals surface area (Å²) in [6, 6.07) is 10.8. The average molecular weight is 297 g/mol. The summed E-state index contributed by atoms with van der Waals surface area (Å²) >= 11 is 0. The Bertz CT molecular complexity index is 906. The molecule has 0 spiro atoms. The number of aromatic hydroxyl groups is 1. The van der Waals surface area contributed by atoms with Gasteiger partial charge in [0.25, 0.3) is 0 Å². The van der Waals surface area contributed by atoms with Crippen molar-refractivity contribution in [3.63, 3.8) is 0 Å². The van der Waals surface area contributed by atoms with Crippen LogP contribution in [0.2, 0.25) is 0 Å². The van der Waals surface area contributed by atoms with Crippen molar-refractivity contribution in [2.75, 3.05) is 0 Å². The molecule has 0 saturated heterocycles. The van der Waals surface area contributed by atoms with Crippen LogP contribution in [-0.2, 0) is 0 Å². The highest BCUT2D eigenvalue weighted by atomic mass is 19.1. The van der Waals surface area contributed by atoms with Gasteiger partial charge in [-0.3, -0.25) is 0 Å². The molecule has 1 heterocycles. The zero-order valence-electron chi connectivity index (χ0n) is 11.7. The van der Waals surface area contributed by atoms with E-state index in [0.29, 0.717) is 11.2 Å². The first-order valence-corrected chi connectivity index (χ1v) is 6.60. The van der Waals surface area contributed by atoms with Gasteiger partial charge < -0.3 is 10.2 Å². The van der Waals surface area contributed by atoms with Crippen molar-refractivity contribution in [1.82, 2.24) is 4.98 Å². The van der Waals surface area contributed by atoms with Gasteiger partial charge in [-0.05, 0) is 48.9 Å². The topological polar surface area (TPSA) is 70.4 Å². The molecule has 0 unspecified atom stereocenters. The molecule has 110 valence electrons. The molecule has 1 aromatic heterocycles. The highest BCUT2D eigenvalue weighted by molar-refractivity contribution is 5.89. The first-order valence-electron chi connectivity index (χ1n) is 6.60. The Balaban J connectivity index is 2.15. The predicted octanol–water partition coefficient (Wildman–Crippen LogP) is 3.75. The Labute approximate surface area is 125 Å². The van der Waals surface area contributed by atoms with Gasteiger partial charge in [-0.25, -0.2) is 14.2 Å². The number of benzene rings is 2. The maximum atomic E-state index is 13.8. The van der Waals surface area contributed by atoms with E-state index in [1.54, 1.807) is 31.2 Å². The number of aryl methyl sites for hydroxylation is 1. The van der Waals surface area contributed by atoms with Crippen LogP contribution in [0.4, 0.5) is 4.39 Å². The highest BCUT2D eigenvalue weighted by Crippen LogP contribution is 2.28. The molecule has 5 heteroatoms. The molecular weight excluding hydrogens is 285 g/mol. The highest BCUT2D eigenvalue weighted by Gasteiger charge is 2.11. The van der Waals surface area contributed by atoms with Crippen LogP contribution in [0.3, 0.4) is 0 Å². The number of rotatable bonds is 2. The lowest BCUT2D eigenvalue weighted by Gasteiger charge is -2.08. The largest absolute Gasteiger partial charge is 0.505 e. The zero-order valence-corrected chi connectivity index (χ0v) is 11.7. The lowest BCUT2D eigenvalue weighted by molar-refractivity contribution is 0.0697. The summed E-state index contributed by atoms with van der Waals surface area (Å²) in [7, 11) is 0. The Hall–Kier alpha value is -2.95. The average Bonchev–Trinajstić information content (AvgIpc) is 2.50. The van der Waals surface area contributed by atoms with Gasteiger partial charge in [0.2, 0.25) is 0 Å². The van der Waals surface area contributed by atoms with Gasteiger partial charge in [0, 0.05) is 10.9 Å². The molecule has 4 nitrogen and oxygen atoms in total. The number of carboxylic acids is 1. The zero-order chi connectivity index (χ0) is 15.9. The summed E-state index contributed by atoms with van der Waals surface area (Å²) in [5, 5.41) is 18.6. The second-order valence-corrected chi connectivity index (χ2v) is 5.00. The van der Waals surface area contributed by atoms with Gasteiger partial charge in [0.1, 0.15) is 0 Å². The molecule has 0 amide bonds. The standard InChI is InChI=1S/C17H12FNO3/c1-9-8-10(17(21)22)2-3-11(9)13-5-4-12-14(19-13)6-7-15(20)16(12)18/h2-8,20H,1H3,(H,21,22). The number of phenols is 1. The second-order valence-electron chi connectivity index (χ2n) is 5.00. The fraction of sp³-hybridized carbons (Fsp3) is 0.0588. The Morgan fingerprint density at radius 1 is 1.14 bits per heavy atom. The molecule has 2 aromatic carbocycles. The van der Waals surface area contributed by atoms with Crippen molar-refractivity contribution in [2.45, 2.75) is 6.92 Å². The predicted molar refractivity (Wildman–Crippen MR) is 80.5 cm³/mol. The third-order valence-electron chi connectivity index (χ3n) is 3.53. The number of carbonyl (C=O) groups is 1. The van der Waals surface area contributed by atoms with E-state index in [-0.39, 0.29) is 10.9 Å². The number of fused-ring (bicyclic) bond motifs is 1. The number of halogens is 1. The van der Waals surface area contributed by atoms with Crippen molar-refractivity contribution in [3.8, 4) is 17.0 Å². The third-order valence-corrected chi connectivity index (χ3v) is 3.53. The minimum atomic E-state index is -0.987. The smallest absolute Gasteiger partial charge is 0.335 e. The molecule has 0 fully saturated rings. The maximum absolute atomic E-state index is 13.8. The number of hydrogen-bond acceptors (Lipinski definition) is 3. The van der Waals surface area contributed by atoms with Crippen molar-refractivity contribution in [2.24, 2.45) is 0 Å². The minimum absolute atomic E-state index is 0.206. The lowest BCUT2D eigenvalue weighted by Crippen LogP contribution is -1.98. The van der Waals surface area contributed by atoms with Gasteiger partial charge in [0.15, 0.2) is 11.6 Å². The SMILES string of the molecule is Cc1cc(C(=O)O)ccc1-c1ccc2c(F)c(O)ccc2n1. The number of phenolic OH excluding ortho intramolecular Hbond substituents is 1. The van der Waals surface area contributed by atoms with Gasteiger partial charge >= 0.3 is 5.97 Å². The summed E-state index contributed by atoms with van der Waals surface area (Å²) in [5.41, 5.74) is 2.80. The van der Waals surface area contributed by atoms with Crippen LogP contribution in [0, 0.1) is 12.7 Å². The van der Waals surface area contributed by atoms with Crippen LogP contribution >= 0.6 is 0 Å². The normalized spacial score (nSPS) is 10.8. The molecule has 3 aromatic rings. The van der Waals surface area contributed by atoms with E-state index >= 15 is 0 Å². The fourth-order valence-electron chi connectivity index (χ4n) is 2.39. The molecule has 0 radical (unpaired) electrons. The van der Waals surface area contributed by atoms with Crippen molar-refractivity contribution >= 4 is 16.9 Å². The van der Waals surface area contributed by atoms with Crippen LogP contribution in [0.25, 0.3) is 22.2 Å². The number of pyridine rings is 1. The summed E-state index contributed by atoms with van der Waals surface area (Å²) in [4.78, 5) is 15.3. The number of nitrogens with zero attached hydrogens (tertiary/aromatic N) is 1. The monoisotopic (exact) mass is 297 g/mol. The van der Waals surface area contributed by atoms with Crippen LogP contribution < -0.4 is 0 Å². The quantitative estimate of drug-likeness (QED) is 0.755. The first-order chi connectivity index (χ1) is 10.5. The number of aromatic nitrogens is 1. The molecule has 0 aliphatic carbocycles. The molecule has 0 atom stereocenters. The molecule has 0 saturated carbocycles. The van der Waals surface area contributed by atoms with Crippen LogP contribution in [0.5, 0.6) is 5.75 Å². The van der Waals surface area contributed by atoms with E-state index in [9.17, 15) is 14.3 Å². The van der Waals surface area contributed by atoms with Crippen molar-refractivity contribution < 1.29 is 19.4 Å². The molecule has 0 aliphatic heterocycles. The van der Waals surface area contributed by atoms with Gasteiger partial charge in [0.05, 0.1) is 16.8 Å². The summed E-state index contributed by atoms with van der Waals surface area (Å²) in [6.07, 6.45) is 0. The molecular formula is C17H12FNO3. The maximum Gasteiger partial charge on any atom is 0.335 e. The van der Waals surface area contributed by atoms with E-state index in [0.717, 1.165) is 11.1 Å². The van der Waals surface area contributed by atoms with Crippen molar-refractivity contribution in [1.29, 1.82) is 0 Å². The van der Waals surface area contributed by atoms with Crippen LogP contribution in [0.15, 0.2) is 42.5 Å². The van der Waals surface area contributed by atoms with Crippen LogP contribution in [-0.4, -0.2) is 21.2 Å². The molecule has 3 rings (SSSR count). The Morgan fingerprint density at radius 3 is 2.59 bits per heavy atom. The molecule has 0 aliphatic rings. The van der Waals surface area contributed by atoms with Gasteiger partial charge in [-0.2, -0.15) is 0 Å². The summed E-state index contributed by atoms with van der Waals surface area (Å²) < 4.78 is 13.8. The number of aromatic carboxylic acids is 1. The van der Waals surface area contributed by atoms with E-state index in [1.807, 2.05) is 0 Å². The minimum Gasteiger partial charge on any atom is -0.505 e. The molecule has 0 bridgehead atoms. The van der Waals surface area contributed by atoms with Gasteiger partial charge in [-0.15, -0.1) is 0 Å². The van der Waals surface area contributed by atoms with Crippen LogP contribution in [0.1, 0.15) is 15.9 Å². The number of carboxylic acid groups (broad SMARTS) is 1. The molecule has 2 N–H and O–H groups in total. The second kappa shape index (κ2) is 5.11. The van der Waals surface area contributed by atoms with E-state index < -0.39 is 17.5 Å². The van der Waals surface area contributed by atoms with E-state index in [2.05, 4.69) is 4.98 Å². The molecule has 22 heavy (non-hydrogen) atoms. The third kappa shape index (κ3) is 2.26. The van der Waals surface area contributed by atoms with E-state index in [4.69, 9.17) is 5.11 Å². The Morgan fingerprint density at radius 2 is 1.91 bits per heavy atom. The summed E-state index contributed by atoms with van der Waals surface area (Å²) in [6.45, 7) is 1.80. The van der Waals surface area contributed by atoms with Crippen molar-refractivity contribution in [3.05, 3.63) is 59.4 Å². The van der Waals surface area contributed by atoms with Gasteiger partial charge in [-0.1, -0.05) is 6.07 Å².